The Balaban J connectivity index is 2.83. The van der Waals surface area contributed by atoms with E-state index in [-0.39, 0.29) is 17.7 Å². The standard InChI is InChI=1S/C13H11NO3/c1-17-12-9-5-2-3-7-11(9)14-13(16)10(12)6-4-8-15/h2-3,5,7,15H,8H2,1H3,(H,14,16). The van der Waals surface area contributed by atoms with E-state index in [4.69, 9.17) is 9.84 Å². The number of rotatable bonds is 1. The molecule has 1 aromatic carbocycles. The number of pyridine rings is 1. The highest BCUT2D eigenvalue weighted by Gasteiger charge is 2.10. The van der Waals surface area contributed by atoms with Gasteiger partial charge in [-0.1, -0.05) is 24.0 Å². The lowest BCUT2D eigenvalue weighted by molar-refractivity contribution is 0.350. The van der Waals surface area contributed by atoms with Crippen LogP contribution >= 0.6 is 0 Å². The summed E-state index contributed by atoms with van der Waals surface area (Å²) >= 11 is 0. The van der Waals surface area contributed by atoms with Gasteiger partial charge in [-0.25, -0.2) is 0 Å². The number of hydrogen-bond donors (Lipinski definition) is 2. The summed E-state index contributed by atoms with van der Waals surface area (Å²) in [6.07, 6.45) is 0. The first-order chi connectivity index (χ1) is 8.27. The Bertz CT molecular complexity index is 662. The minimum atomic E-state index is -0.318. The van der Waals surface area contributed by atoms with Crippen LogP contribution in [0.4, 0.5) is 0 Å². The van der Waals surface area contributed by atoms with E-state index in [1.807, 2.05) is 18.2 Å². The van der Waals surface area contributed by atoms with E-state index in [1.165, 1.54) is 7.11 Å². The van der Waals surface area contributed by atoms with Gasteiger partial charge < -0.3 is 14.8 Å². The SMILES string of the molecule is COc1c(C#CCO)c(=O)[nH]c2ccccc12. The molecule has 0 radical (unpaired) electrons. The van der Waals surface area contributed by atoms with E-state index >= 15 is 0 Å². The predicted octanol–water partition coefficient (Wildman–Crippen LogP) is 0.880. The Morgan fingerprint density at radius 1 is 1.41 bits per heavy atom. The van der Waals surface area contributed by atoms with Gasteiger partial charge in [-0.3, -0.25) is 4.79 Å². The maximum Gasteiger partial charge on any atom is 0.268 e. The van der Waals surface area contributed by atoms with Crippen molar-refractivity contribution >= 4 is 10.9 Å². The Morgan fingerprint density at radius 2 is 2.18 bits per heavy atom. The molecule has 0 spiro atoms. The molecule has 2 N–H and O–H groups in total. The molecule has 0 aliphatic rings. The van der Waals surface area contributed by atoms with E-state index in [2.05, 4.69) is 16.8 Å². The van der Waals surface area contributed by atoms with Gasteiger partial charge in [0.1, 0.15) is 17.9 Å². The summed E-state index contributed by atoms with van der Waals surface area (Å²) in [5.74, 6) is 5.49. The summed E-state index contributed by atoms with van der Waals surface area (Å²) in [7, 11) is 1.49. The van der Waals surface area contributed by atoms with Crippen LogP contribution in [0.3, 0.4) is 0 Å². The zero-order chi connectivity index (χ0) is 12.3. The number of methoxy groups -OCH3 is 1. The van der Waals surface area contributed by atoms with Gasteiger partial charge in [-0.05, 0) is 12.1 Å². The minimum absolute atomic E-state index is 0.236. The van der Waals surface area contributed by atoms with Crippen LogP contribution in [-0.4, -0.2) is 23.8 Å². The molecular weight excluding hydrogens is 218 g/mol. The second kappa shape index (κ2) is 4.73. The maximum atomic E-state index is 11.8. The van der Waals surface area contributed by atoms with Crippen LogP contribution in [0.15, 0.2) is 29.1 Å². The van der Waals surface area contributed by atoms with Crippen molar-refractivity contribution in [3.05, 3.63) is 40.2 Å². The van der Waals surface area contributed by atoms with E-state index < -0.39 is 0 Å². The van der Waals surface area contributed by atoms with Gasteiger partial charge in [-0.15, -0.1) is 0 Å². The fraction of sp³-hybridized carbons (Fsp3) is 0.154. The van der Waals surface area contributed by atoms with Gasteiger partial charge in [0.25, 0.3) is 5.56 Å². The highest BCUT2D eigenvalue weighted by molar-refractivity contribution is 5.87. The highest BCUT2D eigenvalue weighted by atomic mass is 16.5. The zero-order valence-electron chi connectivity index (χ0n) is 9.28. The number of aromatic amines is 1. The lowest BCUT2D eigenvalue weighted by Gasteiger charge is -2.06. The number of para-hydroxylation sites is 1. The fourth-order valence-electron chi connectivity index (χ4n) is 1.67. The monoisotopic (exact) mass is 229 g/mol. The zero-order valence-corrected chi connectivity index (χ0v) is 9.28. The number of hydrogen-bond acceptors (Lipinski definition) is 3. The van der Waals surface area contributed by atoms with Gasteiger partial charge in [0.05, 0.1) is 12.6 Å². The number of H-pyrrole nitrogens is 1. The molecule has 17 heavy (non-hydrogen) atoms. The predicted molar refractivity (Wildman–Crippen MR) is 65.1 cm³/mol. The average Bonchev–Trinajstić information content (AvgIpc) is 2.35. The molecule has 1 heterocycles. The van der Waals surface area contributed by atoms with E-state index in [0.717, 1.165) is 5.39 Å². The van der Waals surface area contributed by atoms with E-state index in [9.17, 15) is 4.79 Å². The lowest BCUT2D eigenvalue weighted by Crippen LogP contribution is -2.12. The Labute approximate surface area is 97.9 Å². The van der Waals surface area contributed by atoms with Gasteiger partial charge in [0.15, 0.2) is 0 Å². The molecule has 0 fully saturated rings. The maximum absolute atomic E-state index is 11.8. The molecule has 4 nitrogen and oxygen atoms in total. The molecule has 2 aromatic rings. The number of fused-ring (bicyclic) bond motifs is 1. The number of nitrogens with one attached hydrogen (secondary N) is 1. The fourth-order valence-corrected chi connectivity index (χ4v) is 1.67. The molecule has 0 aliphatic carbocycles. The van der Waals surface area contributed by atoms with Crippen LogP contribution in [-0.2, 0) is 0 Å². The van der Waals surface area contributed by atoms with Gasteiger partial charge in [-0.2, -0.15) is 0 Å². The van der Waals surface area contributed by atoms with Crippen molar-refractivity contribution in [2.75, 3.05) is 13.7 Å². The van der Waals surface area contributed by atoms with Crippen molar-refractivity contribution in [1.29, 1.82) is 0 Å². The molecular formula is C13H11NO3. The molecule has 2 rings (SSSR count). The summed E-state index contributed by atoms with van der Waals surface area (Å²) in [5, 5.41) is 9.46. The Hall–Kier alpha value is -2.25. The van der Waals surface area contributed by atoms with Crippen molar-refractivity contribution in [1.82, 2.24) is 4.98 Å². The third-order valence-corrected chi connectivity index (χ3v) is 2.37. The Morgan fingerprint density at radius 3 is 2.88 bits per heavy atom. The third kappa shape index (κ3) is 2.01. The summed E-state index contributed by atoms with van der Waals surface area (Å²) < 4.78 is 5.23. The highest BCUT2D eigenvalue weighted by Crippen LogP contribution is 2.24. The van der Waals surface area contributed by atoms with Crippen LogP contribution < -0.4 is 10.3 Å². The number of aliphatic hydroxyl groups excluding tert-OH is 1. The third-order valence-electron chi connectivity index (χ3n) is 2.37. The normalized spacial score (nSPS) is 9.76. The topological polar surface area (TPSA) is 62.3 Å². The van der Waals surface area contributed by atoms with Crippen LogP contribution in [0, 0.1) is 11.8 Å². The van der Waals surface area contributed by atoms with Crippen molar-refractivity contribution in [3.63, 3.8) is 0 Å². The molecule has 1 aromatic heterocycles. The molecule has 4 heteroatoms. The molecule has 0 bridgehead atoms. The molecule has 0 unspecified atom stereocenters. The van der Waals surface area contributed by atoms with Crippen LogP contribution in [0.1, 0.15) is 5.56 Å². The number of aromatic nitrogens is 1. The van der Waals surface area contributed by atoms with Crippen molar-refractivity contribution in [3.8, 4) is 17.6 Å². The molecule has 86 valence electrons. The van der Waals surface area contributed by atoms with Gasteiger partial charge in [0, 0.05) is 5.39 Å². The number of benzene rings is 1. The summed E-state index contributed by atoms with van der Waals surface area (Å²) in [6, 6.07) is 7.32. The Kier molecular flexibility index (Phi) is 3.12. The lowest BCUT2D eigenvalue weighted by atomic mass is 10.1. The quantitative estimate of drug-likeness (QED) is 0.713. The number of aliphatic hydroxyl groups is 1. The second-order valence-electron chi connectivity index (χ2n) is 3.37. The van der Waals surface area contributed by atoms with Crippen molar-refractivity contribution in [2.45, 2.75) is 0 Å². The molecule has 0 amide bonds. The number of ether oxygens (including phenoxy) is 1. The first-order valence-electron chi connectivity index (χ1n) is 5.06. The molecule has 0 atom stereocenters. The summed E-state index contributed by atoms with van der Waals surface area (Å²) in [6.45, 7) is -0.296. The van der Waals surface area contributed by atoms with Crippen molar-refractivity contribution < 1.29 is 9.84 Å². The van der Waals surface area contributed by atoms with Crippen LogP contribution in [0.25, 0.3) is 10.9 Å². The average molecular weight is 229 g/mol. The first kappa shape index (κ1) is 11.2. The van der Waals surface area contributed by atoms with Gasteiger partial charge >= 0.3 is 0 Å². The minimum Gasteiger partial charge on any atom is -0.495 e. The van der Waals surface area contributed by atoms with Crippen molar-refractivity contribution in [2.24, 2.45) is 0 Å². The van der Waals surface area contributed by atoms with Crippen LogP contribution in [0.2, 0.25) is 0 Å². The molecule has 0 saturated carbocycles. The second-order valence-corrected chi connectivity index (χ2v) is 3.37. The first-order valence-corrected chi connectivity index (χ1v) is 5.06. The molecule has 0 aliphatic heterocycles. The summed E-state index contributed by atoms with van der Waals surface area (Å²) in [4.78, 5) is 14.5. The van der Waals surface area contributed by atoms with Gasteiger partial charge in [0.2, 0.25) is 0 Å². The summed E-state index contributed by atoms with van der Waals surface area (Å²) in [5.41, 5.74) is 0.616. The van der Waals surface area contributed by atoms with Crippen LogP contribution in [0.5, 0.6) is 5.75 Å². The smallest absolute Gasteiger partial charge is 0.268 e. The van der Waals surface area contributed by atoms with E-state index in [1.54, 1.807) is 6.07 Å². The van der Waals surface area contributed by atoms with E-state index in [0.29, 0.717) is 11.3 Å². The molecule has 0 saturated heterocycles. The largest absolute Gasteiger partial charge is 0.495 e.